The SMILES string of the molecule is CC(C)c1ccc(NC(=O)CCc2csc(NC(=O)c3ccc(=O)[nH]c3)n2)cc1. The molecule has 0 saturated heterocycles. The van der Waals surface area contributed by atoms with Gasteiger partial charge in [0.15, 0.2) is 5.13 Å². The first kappa shape index (κ1) is 20.5. The molecule has 0 unspecified atom stereocenters. The fourth-order valence-electron chi connectivity index (χ4n) is 2.62. The zero-order valence-electron chi connectivity index (χ0n) is 16.2. The molecule has 7 nitrogen and oxygen atoms in total. The molecule has 2 aromatic heterocycles. The topological polar surface area (TPSA) is 104 Å². The van der Waals surface area contributed by atoms with Crippen LogP contribution in [0.1, 0.15) is 47.8 Å². The van der Waals surface area contributed by atoms with Crippen LogP contribution in [0.15, 0.2) is 52.8 Å². The van der Waals surface area contributed by atoms with E-state index in [9.17, 15) is 14.4 Å². The van der Waals surface area contributed by atoms with E-state index in [0.29, 0.717) is 29.5 Å². The van der Waals surface area contributed by atoms with Crippen molar-refractivity contribution in [3.63, 3.8) is 0 Å². The van der Waals surface area contributed by atoms with Gasteiger partial charge in [-0.05, 0) is 36.1 Å². The molecule has 0 spiro atoms. The predicted molar refractivity (Wildman–Crippen MR) is 115 cm³/mol. The Kier molecular flexibility index (Phi) is 6.56. The molecule has 0 aliphatic rings. The van der Waals surface area contributed by atoms with E-state index in [1.165, 1.54) is 35.2 Å². The summed E-state index contributed by atoms with van der Waals surface area (Å²) >= 11 is 1.29. The fourth-order valence-corrected chi connectivity index (χ4v) is 3.36. The normalized spacial score (nSPS) is 10.7. The first-order chi connectivity index (χ1) is 13.9. The van der Waals surface area contributed by atoms with E-state index in [0.717, 1.165) is 11.4 Å². The first-order valence-electron chi connectivity index (χ1n) is 9.25. The number of H-pyrrole nitrogens is 1. The monoisotopic (exact) mass is 410 g/mol. The van der Waals surface area contributed by atoms with Gasteiger partial charge >= 0.3 is 0 Å². The Hall–Kier alpha value is -3.26. The van der Waals surface area contributed by atoms with Crippen LogP contribution >= 0.6 is 11.3 Å². The number of nitrogens with zero attached hydrogens (tertiary/aromatic N) is 1. The van der Waals surface area contributed by atoms with Crippen molar-refractivity contribution in [2.75, 3.05) is 10.6 Å². The van der Waals surface area contributed by atoms with Gasteiger partial charge in [0.1, 0.15) is 0 Å². The summed E-state index contributed by atoms with van der Waals surface area (Å²) in [6, 6.07) is 10.6. The van der Waals surface area contributed by atoms with Crippen molar-refractivity contribution in [3.05, 3.63) is 75.1 Å². The van der Waals surface area contributed by atoms with Crippen molar-refractivity contribution in [2.24, 2.45) is 0 Å². The molecular formula is C21H22N4O3S. The Bertz CT molecular complexity index is 1030. The smallest absolute Gasteiger partial charge is 0.258 e. The van der Waals surface area contributed by atoms with Crippen LogP contribution in [0.5, 0.6) is 0 Å². The van der Waals surface area contributed by atoms with Gasteiger partial charge < -0.3 is 10.3 Å². The summed E-state index contributed by atoms with van der Waals surface area (Å²) in [6.07, 6.45) is 2.12. The minimum Gasteiger partial charge on any atom is -0.328 e. The highest BCUT2D eigenvalue weighted by Gasteiger charge is 2.11. The molecule has 0 bridgehead atoms. The Balaban J connectivity index is 1.49. The molecule has 8 heteroatoms. The number of aryl methyl sites for hydroxylation is 1. The molecule has 0 saturated carbocycles. The lowest BCUT2D eigenvalue weighted by Gasteiger charge is -2.08. The lowest BCUT2D eigenvalue weighted by Crippen LogP contribution is -2.14. The number of thiazole rings is 1. The van der Waals surface area contributed by atoms with Crippen molar-refractivity contribution < 1.29 is 9.59 Å². The number of rotatable bonds is 7. The number of pyridine rings is 1. The molecule has 3 aromatic rings. The number of anilines is 2. The summed E-state index contributed by atoms with van der Waals surface area (Å²) in [5, 5.41) is 7.83. The average molecular weight is 410 g/mol. The predicted octanol–water partition coefficient (Wildman–Crippen LogP) is 3.78. The van der Waals surface area contributed by atoms with E-state index >= 15 is 0 Å². The standard InChI is InChI=1S/C21H22N4O3S/c1-13(2)14-3-6-16(7-4-14)23-19(27)10-8-17-12-29-21(24-17)25-20(28)15-5-9-18(26)22-11-15/h3-7,9,11-13H,8,10H2,1-2H3,(H,22,26)(H,23,27)(H,24,25,28). The summed E-state index contributed by atoms with van der Waals surface area (Å²) in [5.74, 6) is 0.00199. The summed E-state index contributed by atoms with van der Waals surface area (Å²) in [4.78, 5) is 42.2. The Morgan fingerprint density at radius 2 is 1.86 bits per heavy atom. The van der Waals surface area contributed by atoms with Gasteiger partial charge in [-0.3, -0.25) is 19.7 Å². The fraction of sp³-hybridized carbons (Fsp3) is 0.238. The summed E-state index contributed by atoms with van der Waals surface area (Å²) in [5.41, 5.74) is 2.79. The molecular weight excluding hydrogens is 388 g/mol. The van der Waals surface area contributed by atoms with E-state index in [-0.39, 0.29) is 17.4 Å². The van der Waals surface area contributed by atoms with Crippen LogP contribution in [0.4, 0.5) is 10.8 Å². The Labute approximate surface area is 172 Å². The lowest BCUT2D eigenvalue weighted by atomic mass is 10.0. The maximum absolute atomic E-state index is 12.2. The summed E-state index contributed by atoms with van der Waals surface area (Å²) in [7, 11) is 0. The minimum absolute atomic E-state index is 0.0888. The van der Waals surface area contributed by atoms with Gasteiger partial charge in [0.25, 0.3) is 5.91 Å². The molecule has 150 valence electrons. The minimum atomic E-state index is -0.357. The van der Waals surface area contributed by atoms with Gasteiger partial charge in [0.05, 0.1) is 11.3 Å². The lowest BCUT2D eigenvalue weighted by molar-refractivity contribution is -0.116. The Morgan fingerprint density at radius 1 is 1.10 bits per heavy atom. The largest absolute Gasteiger partial charge is 0.328 e. The summed E-state index contributed by atoms with van der Waals surface area (Å²) < 4.78 is 0. The second-order valence-corrected chi connectivity index (χ2v) is 7.72. The molecule has 3 N–H and O–H groups in total. The third kappa shape index (κ3) is 5.86. The number of aromatic nitrogens is 2. The second kappa shape index (κ2) is 9.29. The molecule has 0 aliphatic carbocycles. The quantitative estimate of drug-likeness (QED) is 0.551. The van der Waals surface area contributed by atoms with Gasteiger partial charge in [-0.25, -0.2) is 4.98 Å². The molecule has 0 radical (unpaired) electrons. The highest BCUT2D eigenvalue weighted by Crippen LogP contribution is 2.19. The van der Waals surface area contributed by atoms with E-state index < -0.39 is 0 Å². The van der Waals surface area contributed by atoms with Crippen LogP contribution in [0.25, 0.3) is 0 Å². The van der Waals surface area contributed by atoms with E-state index in [2.05, 4.69) is 34.4 Å². The number of nitrogens with one attached hydrogen (secondary N) is 3. The number of hydrogen-bond acceptors (Lipinski definition) is 5. The van der Waals surface area contributed by atoms with E-state index in [4.69, 9.17) is 0 Å². The van der Waals surface area contributed by atoms with Crippen LogP contribution in [-0.4, -0.2) is 21.8 Å². The van der Waals surface area contributed by atoms with Crippen LogP contribution < -0.4 is 16.2 Å². The molecule has 3 rings (SSSR count). The van der Waals surface area contributed by atoms with Crippen molar-refractivity contribution >= 4 is 34.0 Å². The molecule has 29 heavy (non-hydrogen) atoms. The number of carbonyl (C=O) groups excluding carboxylic acids is 2. The van der Waals surface area contributed by atoms with Crippen molar-refractivity contribution in [1.82, 2.24) is 9.97 Å². The van der Waals surface area contributed by atoms with E-state index in [1.54, 1.807) is 0 Å². The zero-order valence-corrected chi connectivity index (χ0v) is 17.0. The highest BCUT2D eigenvalue weighted by molar-refractivity contribution is 7.14. The van der Waals surface area contributed by atoms with Gasteiger partial charge in [0, 0.05) is 29.8 Å². The van der Waals surface area contributed by atoms with Crippen LogP contribution in [0.2, 0.25) is 0 Å². The number of carbonyl (C=O) groups is 2. The van der Waals surface area contributed by atoms with Crippen LogP contribution in [-0.2, 0) is 11.2 Å². The van der Waals surface area contributed by atoms with Crippen molar-refractivity contribution in [1.29, 1.82) is 0 Å². The van der Waals surface area contributed by atoms with Gasteiger partial charge in [0.2, 0.25) is 11.5 Å². The third-order valence-corrected chi connectivity index (χ3v) is 5.09. The number of benzene rings is 1. The molecule has 1 aromatic carbocycles. The molecule has 0 fully saturated rings. The number of hydrogen-bond donors (Lipinski definition) is 3. The Morgan fingerprint density at radius 3 is 2.52 bits per heavy atom. The first-order valence-corrected chi connectivity index (χ1v) is 10.1. The van der Waals surface area contributed by atoms with Crippen LogP contribution in [0.3, 0.4) is 0 Å². The van der Waals surface area contributed by atoms with Crippen molar-refractivity contribution in [2.45, 2.75) is 32.6 Å². The van der Waals surface area contributed by atoms with Gasteiger partial charge in [-0.15, -0.1) is 11.3 Å². The maximum atomic E-state index is 12.2. The van der Waals surface area contributed by atoms with E-state index in [1.807, 2.05) is 29.6 Å². The van der Waals surface area contributed by atoms with Crippen LogP contribution in [0, 0.1) is 0 Å². The third-order valence-electron chi connectivity index (χ3n) is 4.29. The summed E-state index contributed by atoms with van der Waals surface area (Å²) in [6.45, 7) is 4.25. The van der Waals surface area contributed by atoms with Gasteiger partial charge in [-0.1, -0.05) is 26.0 Å². The maximum Gasteiger partial charge on any atom is 0.258 e. The number of aromatic amines is 1. The average Bonchev–Trinajstić information content (AvgIpc) is 3.14. The molecule has 2 amide bonds. The van der Waals surface area contributed by atoms with Gasteiger partial charge in [-0.2, -0.15) is 0 Å². The second-order valence-electron chi connectivity index (χ2n) is 6.86. The zero-order chi connectivity index (χ0) is 20.8. The highest BCUT2D eigenvalue weighted by atomic mass is 32.1. The number of amides is 2. The molecule has 2 heterocycles. The van der Waals surface area contributed by atoms with Crippen molar-refractivity contribution in [3.8, 4) is 0 Å². The molecule has 0 atom stereocenters. The molecule has 0 aliphatic heterocycles.